The van der Waals surface area contributed by atoms with E-state index in [-0.39, 0.29) is 18.6 Å². The van der Waals surface area contributed by atoms with E-state index in [2.05, 4.69) is 15.5 Å². The van der Waals surface area contributed by atoms with Crippen molar-refractivity contribution in [2.75, 3.05) is 39.3 Å². The number of carbonyl (C=O) groups excluding carboxylic acids is 2. The van der Waals surface area contributed by atoms with Crippen molar-refractivity contribution in [1.82, 2.24) is 10.2 Å². The van der Waals surface area contributed by atoms with Crippen LogP contribution in [0, 0.1) is 5.41 Å². The van der Waals surface area contributed by atoms with E-state index in [0.29, 0.717) is 36.6 Å². The highest BCUT2D eigenvalue weighted by atomic mass is 16.7. The minimum atomic E-state index is -0.922. The first-order valence-electron chi connectivity index (χ1n) is 8.15. The molecular weight excluding hydrogens is 310 g/mol. The Bertz CT molecular complexity index is 641. The van der Waals surface area contributed by atoms with Crippen LogP contribution in [0.3, 0.4) is 0 Å². The van der Waals surface area contributed by atoms with Crippen LogP contribution in [0.15, 0.2) is 18.2 Å². The first kappa shape index (κ1) is 16.6. The van der Waals surface area contributed by atoms with Gasteiger partial charge in [0.25, 0.3) is 0 Å². The fourth-order valence-electron chi connectivity index (χ4n) is 2.67. The number of benzene rings is 1. The molecule has 1 fully saturated rings. The second-order valence-electron chi connectivity index (χ2n) is 6.52. The molecule has 2 amide bonds. The van der Waals surface area contributed by atoms with Crippen molar-refractivity contribution >= 4 is 17.5 Å². The zero-order valence-electron chi connectivity index (χ0n) is 14.1. The van der Waals surface area contributed by atoms with E-state index in [0.717, 1.165) is 13.0 Å². The van der Waals surface area contributed by atoms with E-state index in [1.807, 2.05) is 14.1 Å². The van der Waals surface area contributed by atoms with Gasteiger partial charge in [-0.15, -0.1) is 0 Å². The monoisotopic (exact) mass is 333 g/mol. The van der Waals surface area contributed by atoms with Gasteiger partial charge < -0.3 is 25.0 Å². The third kappa shape index (κ3) is 3.46. The van der Waals surface area contributed by atoms with Gasteiger partial charge in [0.05, 0.1) is 0 Å². The quantitative estimate of drug-likeness (QED) is 0.579. The summed E-state index contributed by atoms with van der Waals surface area (Å²) in [7, 11) is 3.98. The molecule has 1 aromatic rings. The molecule has 1 aliphatic carbocycles. The molecule has 0 radical (unpaired) electrons. The molecule has 24 heavy (non-hydrogen) atoms. The first-order chi connectivity index (χ1) is 11.5. The van der Waals surface area contributed by atoms with Crippen LogP contribution in [0.1, 0.15) is 19.3 Å². The van der Waals surface area contributed by atoms with Crippen molar-refractivity contribution in [3.05, 3.63) is 18.2 Å². The van der Waals surface area contributed by atoms with Crippen LogP contribution in [0.2, 0.25) is 0 Å². The highest BCUT2D eigenvalue weighted by Gasteiger charge is 2.56. The van der Waals surface area contributed by atoms with Gasteiger partial charge >= 0.3 is 0 Å². The van der Waals surface area contributed by atoms with Gasteiger partial charge in [-0.3, -0.25) is 9.59 Å². The van der Waals surface area contributed by atoms with E-state index in [1.54, 1.807) is 18.2 Å². The van der Waals surface area contributed by atoms with E-state index < -0.39 is 5.41 Å². The first-order valence-corrected chi connectivity index (χ1v) is 8.15. The molecule has 1 saturated carbocycles. The van der Waals surface area contributed by atoms with Crippen molar-refractivity contribution in [1.29, 1.82) is 0 Å². The number of nitrogens with zero attached hydrogens (tertiary/aromatic N) is 1. The molecule has 0 aromatic heterocycles. The minimum absolute atomic E-state index is 0.181. The van der Waals surface area contributed by atoms with Crippen LogP contribution in [0.4, 0.5) is 5.69 Å². The fourth-order valence-corrected chi connectivity index (χ4v) is 2.67. The predicted octanol–water partition coefficient (Wildman–Crippen LogP) is 1.20. The van der Waals surface area contributed by atoms with Crippen molar-refractivity contribution in [3.8, 4) is 11.5 Å². The number of hydrogen-bond acceptors (Lipinski definition) is 5. The lowest BCUT2D eigenvalue weighted by Gasteiger charge is -2.16. The summed E-state index contributed by atoms with van der Waals surface area (Å²) in [5, 5.41) is 5.70. The largest absolute Gasteiger partial charge is 0.454 e. The van der Waals surface area contributed by atoms with Gasteiger partial charge in [0.1, 0.15) is 5.41 Å². The van der Waals surface area contributed by atoms with Crippen LogP contribution in [0.25, 0.3) is 0 Å². The zero-order chi connectivity index (χ0) is 17.2. The molecule has 0 unspecified atom stereocenters. The molecular formula is C17H23N3O4. The number of fused-ring (bicyclic) bond motifs is 1. The van der Waals surface area contributed by atoms with Gasteiger partial charge in [-0.2, -0.15) is 0 Å². The van der Waals surface area contributed by atoms with Crippen LogP contribution >= 0.6 is 0 Å². The molecule has 7 nitrogen and oxygen atoms in total. The molecule has 1 aliphatic heterocycles. The molecule has 2 aliphatic rings. The second kappa shape index (κ2) is 6.68. The van der Waals surface area contributed by atoms with E-state index in [4.69, 9.17) is 9.47 Å². The maximum Gasteiger partial charge on any atom is 0.240 e. The van der Waals surface area contributed by atoms with Gasteiger partial charge in [-0.05, 0) is 52.0 Å². The molecule has 3 rings (SSSR count). The number of hydrogen-bond donors (Lipinski definition) is 2. The third-order valence-electron chi connectivity index (χ3n) is 4.32. The van der Waals surface area contributed by atoms with Crippen molar-refractivity contribution in [3.63, 3.8) is 0 Å². The number of nitrogens with one attached hydrogen (secondary N) is 2. The summed E-state index contributed by atoms with van der Waals surface area (Å²) in [6.45, 7) is 1.67. The number of carbonyl (C=O) groups is 2. The minimum Gasteiger partial charge on any atom is -0.454 e. The van der Waals surface area contributed by atoms with Gasteiger partial charge in [0.2, 0.25) is 18.6 Å². The Morgan fingerprint density at radius 2 is 1.92 bits per heavy atom. The maximum absolute atomic E-state index is 12.5. The lowest BCUT2D eigenvalue weighted by Crippen LogP contribution is -2.40. The molecule has 0 bridgehead atoms. The van der Waals surface area contributed by atoms with Crippen LogP contribution in [0.5, 0.6) is 11.5 Å². The van der Waals surface area contributed by atoms with E-state index >= 15 is 0 Å². The molecule has 7 heteroatoms. The van der Waals surface area contributed by atoms with Gasteiger partial charge in [0.15, 0.2) is 11.5 Å². The Hall–Kier alpha value is -2.28. The van der Waals surface area contributed by atoms with Crippen molar-refractivity contribution < 1.29 is 19.1 Å². The lowest BCUT2D eigenvalue weighted by atomic mass is 10.0. The smallest absolute Gasteiger partial charge is 0.240 e. The topological polar surface area (TPSA) is 79.9 Å². The highest BCUT2D eigenvalue weighted by Crippen LogP contribution is 2.47. The summed E-state index contributed by atoms with van der Waals surface area (Å²) in [4.78, 5) is 26.9. The van der Waals surface area contributed by atoms with Crippen molar-refractivity contribution in [2.24, 2.45) is 5.41 Å². The number of amides is 2. The number of ether oxygens (including phenoxy) is 2. The molecule has 1 aromatic carbocycles. The normalized spacial score (nSPS) is 16.8. The molecule has 0 atom stereocenters. The molecule has 1 heterocycles. The summed E-state index contributed by atoms with van der Waals surface area (Å²) in [5.74, 6) is 0.824. The summed E-state index contributed by atoms with van der Waals surface area (Å²) in [6, 6.07) is 5.21. The Labute approximate surface area is 141 Å². The summed E-state index contributed by atoms with van der Waals surface area (Å²) >= 11 is 0. The van der Waals surface area contributed by atoms with E-state index in [1.165, 1.54) is 0 Å². The van der Waals surface area contributed by atoms with Gasteiger partial charge in [-0.25, -0.2) is 0 Å². The van der Waals surface area contributed by atoms with Gasteiger partial charge in [-0.1, -0.05) is 0 Å². The standard InChI is InChI=1S/C17H23N3O4/c1-20(2)9-3-8-18-15(21)17(6-7-17)16(22)19-12-4-5-13-14(10-12)24-11-23-13/h4-5,10H,3,6-9,11H2,1-2H3,(H,18,21)(H,19,22). The predicted molar refractivity (Wildman–Crippen MR) is 89.0 cm³/mol. The molecule has 130 valence electrons. The summed E-state index contributed by atoms with van der Waals surface area (Å²) in [6.07, 6.45) is 2.03. The van der Waals surface area contributed by atoms with Crippen LogP contribution in [-0.2, 0) is 9.59 Å². The van der Waals surface area contributed by atoms with Crippen molar-refractivity contribution in [2.45, 2.75) is 19.3 Å². The molecule has 0 spiro atoms. The SMILES string of the molecule is CN(C)CCCNC(=O)C1(C(=O)Nc2ccc3c(c2)OCO3)CC1. The van der Waals surface area contributed by atoms with Gasteiger partial charge in [0, 0.05) is 18.3 Å². The zero-order valence-corrected chi connectivity index (χ0v) is 14.1. The Kier molecular flexibility index (Phi) is 4.62. The summed E-state index contributed by atoms with van der Waals surface area (Å²) in [5.41, 5.74) is -0.315. The third-order valence-corrected chi connectivity index (χ3v) is 4.32. The Morgan fingerprint density at radius 1 is 1.17 bits per heavy atom. The van der Waals surface area contributed by atoms with Crippen LogP contribution in [-0.4, -0.2) is 50.7 Å². The average Bonchev–Trinajstić information content (AvgIpc) is 3.24. The maximum atomic E-state index is 12.5. The second-order valence-corrected chi connectivity index (χ2v) is 6.52. The highest BCUT2D eigenvalue weighted by molar-refractivity contribution is 6.13. The molecule has 2 N–H and O–H groups in total. The Balaban J connectivity index is 1.55. The van der Waals surface area contributed by atoms with E-state index in [9.17, 15) is 9.59 Å². The average molecular weight is 333 g/mol. The lowest BCUT2D eigenvalue weighted by molar-refractivity contribution is -0.134. The molecule has 0 saturated heterocycles. The van der Waals surface area contributed by atoms with Crippen LogP contribution < -0.4 is 20.1 Å². The summed E-state index contributed by atoms with van der Waals surface area (Å²) < 4.78 is 10.5. The number of anilines is 1. The fraction of sp³-hybridized carbons (Fsp3) is 0.529. The Morgan fingerprint density at radius 3 is 2.62 bits per heavy atom. The number of rotatable bonds is 7.